The van der Waals surface area contributed by atoms with Gasteiger partial charge in [-0.25, -0.2) is 0 Å². The predicted molar refractivity (Wildman–Crippen MR) is 88.0 cm³/mol. The Morgan fingerprint density at radius 2 is 1.68 bits per heavy atom. The lowest BCUT2D eigenvalue weighted by molar-refractivity contribution is -0.134. The van der Waals surface area contributed by atoms with E-state index in [1.807, 2.05) is 24.3 Å². The zero-order valence-electron chi connectivity index (χ0n) is 12.9. The van der Waals surface area contributed by atoms with Crippen molar-refractivity contribution < 1.29 is 4.79 Å². The minimum absolute atomic E-state index is 0.248. The fourth-order valence-electron chi connectivity index (χ4n) is 4.24. The molecule has 2 atom stereocenters. The lowest BCUT2D eigenvalue weighted by Crippen LogP contribution is -2.40. The van der Waals surface area contributed by atoms with Crippen LogP contribution in [-0.2, 0) is 10.2 Å². The molecule has 0 spiro atoms. The van der Waals surface area contributed by atoms with Gasteiger partial charge in [0.2, 0.25) is 5.91 Å². The number of amides is 1. The fourth-order valence-corrected chi connectivity index (χ4v) is 4.37. The minimum atomic E-state index is -0.248. The summed E-state index contributed by atoms with van der Waals surface area (Å²) in [4.78, 5) is 15.3. The van der Waals surface area contributed by atoms with Gasteiger partial charge in [0.25, 0.3) is 0 Å². The molecule has 4 rings (SSSR count). The van der Waals surface area contributed by atoms with E-state index >= 15 is 0 Å². The number of hydrogen-bond acceptors (Lipinski definition) is 2. The van der Waals surface area contributed by atoms with Crippen LogP contribution in [0.15, 0.2) is 24.3 Å². The molecule has 1 aromatic carbocycles. The molecule has 4 heteroatoms. The molecule has 1 aliphatic carbocycles. The first-order valence-electron chi connectivity index (χ1n) is 8.45. The lowest BCUT2D eigenvalue weighted by atomic mass is 9.92. The molecule has 2 aliphatic heterocycles. The van der Waals surface area contributed by atoms with Crippen molar-refractivity contribution >= 4 is 17.5 Å². The molecule has 3 nitrogen and oxygen atoms in total. The Kier molecular flexibility index (Phi) is 3.66. The Bertz CT molecular complexity index is 553. The molecule has 2 heterocycles. The van der Waals surface area contributed by atoms with Crippen LogP contribution in [0.5, 0.6) is 0 Å². The number of rotatable bonds is 2. The van der Waals surface area contributed by atoms with Crippen molar-refractivity contribution in [2.75, 3.05) is 26.2 Å². The number of benzene rings is 1. The maximum atomic E-state index is 13.1. The number of halogens is 1. The van der Waals surface area contributed by atoms with Gasteiger partial charge in [0.05, 0.1) is 5.41 Å². The van der Waals surface area contributed by atoms with Gasteiger partial charge in [0.1, 0.15) is 0 Å². The average molecular weight is 319 g/mol. The maximum absolute atomic E-state index is 13.1. The summed E-state index contributed by atoms with van der Waals surface area (Å²) in [6.45, 7) is 4.12. The second-order valence-corrected chi connectivity index (χ2v) is 7.57. The first-order chi connectivity index (χ1) is 10.7. The van der Waals surface area contributed by atoms with Crippen molar-refractivity contribution in [2.24, 2.45) is 11.8 Å². The van der Waals surface area contributed by atoms with E-state index in [9.17, 15) is 4.79 Å². The molecule has 2 saturated heterocycles. The highest BCUT2D eigenvalue weighted by atomic mass is 35.5. The van der Waals surface area contributed by atoms with Crippen LogP contribution in [0.3, 0.4) is 0 Å². The summed E-state index contributed by atoms with van der Waals surface area (Å²) in [7, 11) is 0. The molecule has 0 unspecified atom stereocenters. The third-order valence-corrected chi connectivity index (χ3v) is 6.11. The summed E-state index contributed by atoms with van der Waals surface area (Å²) in [5.41, 5.74) is 0.899. The van der Waals surface area contributed by atoms with Crippen molar-refractivity contribution in [1.29, 1.82) is 0 Å². The van der Waals surface area contributed by atoms with E-state index in [-0.39, 0.29) is 5.41 Å². The third kappa shape index (κ3) is 2.44. The molecule has 1 aromatic rings. The molecular formula is C18H23ClN2O. The van der Waals surface area contributed by atoms with Gasteiger partial charge in [-0.3, -0.25) is 4.79 Å². The number of nitrogens with one attached hydrogen (secondary N) is 1. The average Bonchev–Trinajstić information content (AvgIpc) is 3.26. The number of hydrogen-bond donors (Lipinski definition) is 1. The Morgan fingerprint density at radius 1 is 1.09 bits per heavy atom. The maximum Gasteiger partial charge on any atom is 0.233 e. The number of likely N-dealkylation sites (tertiary alicyclic amines) is 1. The van der Waals surface area contributed by atoms with Crippen molar-refractivity contribution in [2.45, 2.75) is 31.1 Å². The molecule has 1 saturated carbocycles. The van der Waals surface area contributed by atoms with Crippen molar-refractivity contribution in [1.82, 2.24) is 10.2 Å². The van der Waals surface area contributed by atoms with Crippen molar-refractivity contribution in [3.05, 3.63) is 34.9 Å². The van der Waals surface area contributed by atoms with Crippen LogP contribution in [0.1, 0.15) is 31.2 Å². The first-order valence-corrected chi connectivity index (χ1v) is 8.83. The van der Waals surface area contributed by atoms with Crippen LogP contribution in [0.25, 0.3) is 0 Å². The summed E-state index contributed by atoms with van der Waals surface area (Å²) in [5.74, 6) is 1.88. The number of fused-ring (bicyclic) bond motifs is 1. The smallest absolute Gasteiger partial charge is 0.233 e. The minimum Gasteiger partial charge on any atom is -0.342 e. The zero-order chi connectivity index (χ0) is 15.2. The van der Waals surface area contributed by atoms with Crippen LogP contribution >= 0.6 is 11.6 Å². The Labute approximate surface area is 137 Å². The van der Waals surface area contributed by atoms with E-state index in [4.69, 9.17) is 11.6 Å². The van der Waals surface area contributed by atoms with Crippen LogP contribution in [0.4, 0.5) is 0 Å². The van der Waals surface area contributed by atoms with Gasteiger partial charge in [0, 0.05) is 18.1 Å². The monoisotopic (exact) mass is 318 g/mol. The van der Waals surface area contributed by atoms with E-state index in [0.717, 1.165) is 74.3 Å². The van der Waals surface area contributed by atoms with Gasteiger partial charge in [-0.2, -0.15) is 0 Å². The molecule has 0 radical (unpaired) electrons. The van der Waals surface area contributed by atoms with Gasteiger partial charge in [-0.05, 0) is 68.3 Å². The van der Waals surface area contributed by atoms with E-state index in [1.165, 1.54) is 0 Å². The Morgan fingerprint density at radius 3 is 2.23 bits per heavy atom. The van der Waals surface area contributed by atoms with Crippen molar-refractivity contribution in [3.63, 3.8) is 0 Å². The quantitative estimate of drug-likeness (QED) is 0.909. The number of carbonyl (C=O) groups is 1. The molecule has 1 amide bonds. The standard InChI is InChI=1S/C18H23ClN2O/c19-16-3-1-15(2-4-16)18(7-8-18)17(22)21-9-5-13-11-20-12-14(13)6-10-21/h1-4,13-14,20H,5-12H2/t13-,14+. The molecule has 3 aliphatic rings. The van der Waals surface area contributed by atoms with Gasteiger partial charge in [-0.1, -0.05) is 23.7 Å². The van der Waals surface area contributed by atoms with E-state index in [0.29, 0.717) is 5.91 Å². The molecule has 0 bridgehead atoms. The molecular weight excluding hydrogens is 296 g/mol. The molecule has 1 N–H and O–H groups in total. The first kappa shape index (κ1) is 14.5. The largest absolute Gasteiger partial charge is 0.342 e. The Balaban J connectivity index is 1.50. The topological polar surface area (TPSA) is 32.3 Å². The third-order valence-electron chi connectivity index (χ3n) is 5.86. The van der Waals surface area contributed by atoms with E-state index in [2.05, 4.69) is 10.2 Å². The fraction of sp³-hybridized carbons (Fsp3) is 0.611. The number of carbonyl (C=O) groups excluding carboxylic acids is 1. The second-order valence-electron chi connectivity index (χ2n) is 7.14. The normalized spacial score (nSPS) is 29.8. The highest BCUT2D eigenvalue weighted by Crippen LogP contribution is 2.50. The highest BCUT2D eigenvalue weighted by molar-refractivity contribution is 6.30. The van der Waals surface area contributed by atoms with Crippen molar-refractivity contribution in [3.8, 4) is 0 Å². The van der Waals surface area contributed by atoms with Gasteiger partial charge in [0.15, 0.2) is 0 Å². The molecule has 22 heavy (non-hydrogen) atoms. The predicted octanol–water partition coefficient (Wildman–Crippen LogP) is 2.83. The summed E-state index contributed by atoms with van der Waals surface area (Å²) in [5, 5.41) is 4.23. The van der Waals surface area contributed by atoms with Crippen LogP contribution < -0.4 is 5.32 Å². The van der Waals surface area contributed by atoms with Crippen LogP contribution in [0.2, 0.25) is 5.02 Å². The zero-order valence-corrected chi connectivity index (χ0v) is 13.6. The number of nitrogens with zero attached hydrogens (tertiary/aromatic N) is 1. The SMILES string of the molecule is O=C(N1CC[C@@H]2CNC[C@@H]2CC1)C1(c2ccc(Cl)cc2)CC1. The van der Waals surface area contributed by atoms with Gasteiger partial charge >= 0.3 is 0 Å². The van der Waals surface area contributed by atoms with Crippen LogP contribution in [0, 0.1) is 11.8 Å². The second kappa shape index (κ2) is 5.54. The van der Waals surface area contributed by atoms with Gasteiger partial charge < -0.3 is 10.2 Å². The Hall–Kier alpha value is -1.06. The van der Waals surface area contributed by atoms with E-state index < -0.39 is 0 Å². The highest BCUT2D eigenvalue weighted by Gasteiger charge is 2.53. The van der Waals surface area contributed by atoms with Gasteiger partial charge in [-0.15, -0.1) is 0 Å². The summed E-state index contributed by atoms with van der Waals surface area (Å²) >= 11 is 5.99. The summed E-state index contributed by atoms with van der Waals surface area (Å²) in [6.07, 6.45) is 4.27. The summed E-state index contributed by atoms with van der Waals surface area (Å²) < 4.78 is 0. The summed E-state index contributed by atoms with van der Waals surface area (Å²) in [6, 6.07) is 7.87. The lowest BCUT2D eigenvalue weighted by Gasteiger charge is -2.26. The molecule has 3 fully saturated rings. The van der Waals surface area contributed by atoms with E-state index in [1.54, 1.807) is 0 Å². The molecule has 0 aromatic heterocycles. The van der Waals surface area contributed by atoms with Crippen LogP contribution in [-0.4, -0.2) is 37.0 Å². The molecule has 118 valence electrons.